The predicted molar refractivity (Wildman–Crippen MR) is 76.5 cm³/mol. The molecule has 1 unspecified atom stereocenters. The van der Waals surface area contributed by atoms with Crippen molar-refractivity contribution in [3.8, 4) is 0 Å². The zero-order valence-corrected chi connectivity index (χ0v) is 11.6. The topological polar surface area (TPSA) is 52.6 Å². The van der Waals surface area contributed by atoms with Crippen molar-refractivity contribution in [2.45, 2.75) is 38.8 Å². The molecule has 104 valence electrons. The van der Waals surface area contributed by atoms with Crippen molar-refractivity contribution in [1.82, 2.24) is 5.32 Å². The van der Waals surface area contributed by atoms with E-state index in [9.17, 15) is 9.90 Å². The minimum Gasteiger partial charge on any atom is -0.480 e. The zero-order chi connectivity index (χ0) is 13.8. The van der Waals surface area contributed by atoms with Crippen LogP contribution in [0.2, 0.25) is 0 Å². The molecule has 0 heterocycles. The van der Waals surface area contributed by atoms with Gasteiger partial charge in [0.1, 0.15) is 6.04 Å². The normalized spacial score (nSPS) is 16.1. The Morgan fingerprint density at radius 2 is 1.89 bits per heavy atom. The molecule has 1 aromatic carbocycles. The van der Waals surface area contributed by atoms with E-state index in [0.717, 1.165) is 37.2 Å². The molecule has 4 nitrogen and oxygen atoms in total. The Bertz CT molecular complexity index is 422. The monoisotopic (exact) mass is 262 g/mol. The second-order valence-corrected chi connectivity index (χ2v) is 4.98. The van der Waals surface area contributed by atoms with Crippen LogP contribution in [0.15, 0.2) is 24.3 Å². The van der Waals surface area contributed by atoms with Crippen LogP contribution in [0.3, 0.4) is 0 Å². The Kier molecular flexibility index (Phi) is 4.43. The molecule has 2 N–H and O–H groups in total. The number of hydrogen-bond acceptors (Lipinski definition) is 3. The van der Waals surface area contributed by atoms with Crippen molar-refractivity contribution in [2.75, 3.05) is 18.0 Å². The first-order valence-electron chi connectivity index (χ1n) is 6.99. The third-order valence-corrected chi connectivity index (χ3v) is 3.58. The molecule has 0 bridgehead atoms. The van der Waals surface area contributed by atoms with E-state index in [-0.39, 0.29) is 0 Å². The predicted octanol–water partition coefficient (Wildman–Crippen LogP) is 2.41. The molecule has 4 heteroatoms. The molecule has 0 spiro atoms. The molecule has 0 saturated heterocycles. The zero-order valence-electron chi connectivity index (χ0n) is 11.6. The van der Waals surface area contributed by atoms with Gasteiger partial charge in [-0.25, -0.2) is 0 Å². The maximum atomic E-state index is 11.3. The lowest BCUT2D eigenvalue weighted by Crippen LogP contribution is -2.30. The van der Waals surface area contributed by atoms with Crippen molar-refractivity contribution in [1.29, 1.82) is 0 Å². The van der Waals surface area contributed by atoms with Crippen molar-refractivity contribution >= 4 is 11.7 Å². The SMILES string of the molecule is CCN(CC)c1ccc(C(NC2CC2)C(=O)O)cc1. The molecule has 1 aromatic rings. The van der Waals surface area contributed by atoms with E-state index in [1.165, 1.54) is 0 Å². The average molecular weight is 262 g/mol. The van der Waals surface area contributed by atoms with Crippen LogP contribution in [-0.4, -0.2) is 30.2 Å². The molecule has 1 fully saturated rings. The Labute approximate surface area is 114 Å². The van der Waals surface area contributed by atoms with Gasteiger partial charge in [0.05, 0.1) is 0 Å². The largest absolute Gasteiger partial charge is 0.480 e. The van der Waals surface area contributed by atoms with Gasteiger partial charge in [0.2, 0.25) is 0 Å². The molecule has 1 aliphatic rings. The molecule has 0 aliphatic heterocycles. The van der Waals surface area contributed by atoms with E-state index in [2.05, 4.69) is 24.1 Å². The Balaban J connectivity index is 2.12. The third-order valence-electron chi connectivity index (χ3n) is 3.58. The Morgan fingerprint density at radius 1 is 1.32 bits per heavy atom. The van der Waals surface area contributed by atoms with Crippen LogP contribution in [0.1, 0.15) is 38.3 Å². The van der Waals surface area contributed by atoms with Gasteiger partial charge >= 0.3 is 5.97 Å². The fraction of sp³-hybridized carbons (Fsp3) is 0.533. The lowest BCUT2D eigenvalue weighted by molar-refractivity contribution is -0.139. The van der Waals surface area contributed by atoms with Gasteiger partial charge in [-0.2, -0.15) is 0 Å². The van der Waals surface area contributed by atoms with Crippen LogP contribution in [0.4, 0.5) is 5.69 Å². The number of nitrogens with one attached hydrogen (secondary N) is 1. The summed E-state index contributed by atoms with van der Waals surface area (Å²) in [5.41, 5.74) is 1.97. The summed E-state index contributed by atoms with van der Waals surface area (Å²) < 4.78 is 0. The molecule has 2 rings (SSSR count). The van der Waals surface area contributed by atoms with Gasteiger partial charge in [-0.15, -0.1) is 0 Å². The summed E-state index contributed by atoms with van der Waals surface area (Å²) in [6.45, 7) is 6.15. The molecular formula is C15H22N2O2. The highest BCUT2D eigenvalue weighted by Crippen LogP contribution is 2.25. The maximum Gasteiger partial charge on any atom is 0.325 e. The Hall–Kier alpha value is -1.55. The van der Waals surface area contributed by atoms with Gasteiger partial charge in [0.15, 0.2) is 0 Å². The molecule has 1 saturated carbocycles. The quantitative estimate of drug-likeness (QED) is 0.792. The van der Waals surface area contributed by atoms with Gasteiger partial charge in [-0.3, -0.25) is 10.1 Å². The van der Waals surface area contributed by atoms with Crippen LogP contribution in [0.5, 0.6) is 0 Å². The summed E-state index contributed by atoms with van der Waals surface area (Å²) in [5, 5.41) is 12.5. The number of hydrogen-bond donors (Lipinski definition) is 2. The third kappa shape index (κ3) is 3.47. The fourth-order valence-electron chi connectivity index (χ4n) is 2.26. The van der Waals surface area contributed by atoms with Crippen LogP contribution < -0.4 is 10.2 Å². The minimum absolute atomic E-state index is 0.378. The number of carboxylic acid groups (broad SMARTS) is 1. The summed E-state index contributed by atoms with van der Waals surface area (Å²) in [6.07, 6.45) is 2.17. The number of aliphatic carboxylic acids is 1. The van der Waals surface area contributed by atoms with Crippen LogP contribution in [0.25, 0.3) is 0 Å². The highest BCUT2D eigenvalue weighted by Gasteiger charge is 2.29. The van der Waals surface area contributed by atoms with Crippen LogP contribution >= 0.6 is 0 Å². The number of carboxylic acids is 1. The number of carbonyl (C=O) groups is 1. The van der Waals surface area contributed by atoms with E-state index in [4.69, 9.17) is 0 Å². The van der Waals surface area contributed by atoms with Gasteiger partial charge in [-0.05, 0) is 44.4 Å². The first kappa shape index (κ1) is 13.9. The number of benzene rings is 1. The van der Waals surface area contributed by atoms with Crippen LogP contribution in [0, 0.1) is 0 Å². The summed E-state index contributed by atoms with van der Waals surface area (Å²) in [7, 11) is 0. The number of anilines is 1. The maximum absolute atomic E-state index is 11.3. The van der Waals surface area contributed by atoms with E-state index < -0.39 is 12.0 Å². The first-order chi connectivity index (χ1) is 9.15. The smallest absolute Gasteiger partial charge is 0.325 e. The molecule has 0 radical (unpaired) electrons. The second kappa shape index (κ2) is 6.06. The van der Waals surface area contributed by atoms with Gasteiger partial charge in [-0.1, -0.05) is 12.1 Å². The molecule has 1 aliphatic carbocycles. The van der Waals surface area contributed by atoms with Gasteiger partial charge < -0.3 is 10.0 Å². The van der Waals surface area contributed by atoms with Crippen LogP contribution in [-0.2, 0) is 4.79 Å². The highest BCUT2D eigenvalue weighted by molar-refractivity contribution is 5.76. The lowest BCUT2D eigenvalue weighted by atomic mass is 10.1. The minimum atomic E-state index is -0.803. The first-order valence-corrected chi connectivity index (χ1v) is 6.99. The van der Waals surface area contributed by atoms with Crippen molar-refractivity contribution in [2.24, 2.45) is 0 Å². The molecule has 0 amide bonds. The lowest BCUT2D eigenvalue weighted by Gasteiger charge is -2.22. The van der Waals surface area contributed by atoms with E-state index in [1.54, 1.807) is 0 Å². The summed E-state index contributed by atoms with van der Waals surface area (Å²) in [6, 6.07) is 7.64. The van der Waals surface area contributed by atoms with E-state index >= 15 is 0 Å². The number of rotatable bonds is 7. The summed E-state index contributed by atoms with van der Waals surface area (Å²) in [4.78, 5) is 13.6. The standard InChI is InChI=1S/C15H22N2O2/c1-3-17(4-2)13-9-5-11(6-10-13)14(15(18)19)16-12-7-8-12/h5-6,9-10,12,14,16H,3-4,7-8H2,1-2H3,(H,18,19). The van der Waals surface area contributed by atoms with Gasteiger partial charge in [0.25, 0.3) is 0 Å². The highest BCUT2D eigenvalue weighted by atomic mass is 16.4. The van der Waals surface area contributed by atoms with Crippen molar-refractivity contribution < 1.29 is 9.90 Å². The molecule has 19 heavy (non-hydrogen) atoms. The van der Waals surface area contributed by atoms with Gasteiger partial charge in [0, 0.05) is 24.8 Å². The van der Waals surface area contributed by atoms with E-state index in [0.29, 0.717) is 6.04 Å². The second-order valence-electron chi connectivity index (χ2n) is 4.98. The summed E-state index contributed by atoms with van der Waals surface area (Å²) >= 11 is 0. The molecule has 1 atom stereocenters. The molecular weight excluding hydrogens is 240 g/mol. The van der Waals surface area contributed by atoms with Crippen molar-refractivity contribution in [3.05, 3.63) is 29.8 Å². The Morgan fingerprint density at radius 3 is 2.32 bits per heavy atom. The van der Waals surface area contributed by atoms with Crippen molar-refractivity contribution in [3.63, 3.8) is 0 Å². The van der Waals surface area contributed by atoms with E-state index in [1.807, 2.05) is 24.3 Å². The molecule has 0 aromatic heterocycles. The summed E-state index contributed by atoms with van der Waals surface area (Å²) in [5.74, 6) is -0.803. The fourth-order valence-corrected chi connectivity index (χ4v) is 2.26. The average Bonchev–Trinajstić information content (AvgIpc) is 3.22. The number of nitrogens with zero attached hydrogens (tertiary/aromatic N) is 1.